The number of nitrogens with zero attached hydrogens (tertiary/aromatic N) is 1. The molecule has 0 bridgehead atoms. The molecular weight excluding hydrogens is 244 g/mol. The zero-order chi connectivity index (χ0) is 14.0. The van der Waals surface area contributed by atoms with Crippen LogP contribution >= 0.6 is 0 Å². The normalized spacial score (nSPS) is 28.7. The van der Waals surface area contributed by atoms with Crippen LogP contribution in [0.4, 0.5) is 0 Å². The van der Waals surface area contributed by atoms with Crippen molar-refractivity contribution in [2.24, 2.45) is 11.8 Å². The van der Waals surface area contributed by atoms with Crippen LogP contribution in [-0.4, -0.2) is 36.6 Å². The predicted octanol–water partition coefficient (Wildman–Crippen LogP) is 2.94. The molecule has 1 aromatic rings. The van der Waals surface area contributed by atoms with E-state index in [-0.39, 0.29) is 0 Å². The van der Waals surface area contributed by atoms with Crippen molar-refractivity contribution in [3.8, 4) is 0 Å². The molecule has 2 fully saturated rings. The van der Waals surface area contributed by atoms with Crippen LogP contribution in [-0.2, 0) is 6.42 Å². The van der Waals surface area contributed by atoms with Crippen molar-refractivity contribution in [2.45, 2.75) is 38.6 Å². The Morgan fingerprint density at radius 1 is 1.15 bits per heavy atom. The molecule has 3 rings (SSSR count). The molecule has 0 spiro atoms. The van der Waals surface area contributed by atoms with E-state index in [1.165, 1.54) is 51.0 Å². The Labute approximate surface area is 123 Å². The van der Waals surface area contributed by atoms with E-state index >= 15 is 0 Å². The minimum absolute atomic E-state index is 0.390. The molecule has 2 heterocycles. The van der Waals surface area contributed by atoms with E-state index in [4.69, 9.17) is 0 Å². The third-order valence-corrected chi connectivity index (χ3v) is 5.50. The number of rotatable bonds is 5. The van der Waals surface area contributed by atoms with Gasteiger partial charge >= 0.3 is 0 Å². The molecule has 0 aliphatic carbocycles. The lowest BCUT2D eigenvalue weighted by Gasteiger charge is -2.35. The first-order chi connectivity index (χ1) is 9.68. The zero-order valence-corrected chi connectivity index (χ0v) is 12.9. The van der Waals surface area contributed by atoms with E-state index in [0.29, 0.717) is 5.54 Å². The van der Waals surface area contributed by atoms with Gasteiger partial charge in [-0.05, 0) is 63.6 Å². The Morgan fingerprint density at radius 2 is 1.95 bits per heavy atom. The van der Waals surface area contributed by atoms with Crippen molar-refractivity contribution in [3.05, 3.63) is 35.9 Å². The van der Waals surface area contributed by atoms with E-state index in [0.717, 1.165) is 11.8 Å². The zero-order valence-electron chi connectivity index (χ0n) is 12.9. The van der Waals surface area contributed by atoms with E-state index in [9.17, 15) is 0 Å². The second kappa shape index (κ2) is 5.87. The number of likely N-dealkylation sites (tertiary alicyclic amines) is 1. The fourth-order valence-corrected chi connectivity index (χ4v) is 4.16. The fourth-order valence-electron chi connectivity index (χ4n) is 4.16. The topological polar surface area (TPSA) is 15.3 Å². The largest absolute Gasteiger partial charge is 0.316 e. The summed E-state index contributed by atoms with van der Waals surface area (Å²) in [7, 11) is 0. The van der Waals surface area contributed by atoms with Gasteiger partial charge in [0, 0.05) is 18.6 Å². The van der Waals surface area contributed by atoms with Gasteiger partial charge in [0.15, 0.2) is 0 Å². The molecule has 2 heteroatoms. The highest BCUT2D eigenvalue weighted by Gasteiger charge is 2.48. The summed E-state index contributed by atoms with van der Waals surface area (Å²) in [6, 6.07) is 10.9. The second-order valence-corrected chi connectivity index (χ2v) is 7.07. The van der Waals surface area contributed by atoms with E-state index in [1.54, 1.807) is 0 Å². The minimum atomic E-state index is 0.390. The van der Waals surface area contributed by atoms with Crippen molar-refractivity contribution < 1.29 is 0 Å². The van der Waals surface area contributed by atoms with Crippen LogP contribution in [0.25, 0.3) is 0 Å². The third kappa shape index (κ3) is 2.77. The first-order valence-electron chi connectivity index (χ1n) is 8.17. The lowest BCUT2D eigenvalue weighted by Crippen LogP contribution is -2.44. The number of unbranched alkanes of at least 4 members (excludes halogenated alkanes) is 1. The highest BCUT2D eigenvalue weighted by molar-refractivity contribution is 5.14. The minimum Gasteiger partial charge on any atom is -0.316 e. The van der Waals surface area contributed by atoms with Crippen LogP contribution in [0.2, 0.25) is 0 Å². The van der Waals surface area contributed by atoms with Gasteiger partial charge in [-0.3, -0.25) is 4.90 Å². The molecule has 2 atom stereocenters. The first-order valence-corrected chi connectivity index (χ1v) is 8.17. The molecule has 0 saturated carbocycles. The summed E-state index contributed by atoms with van der Waals surface area (Å²) in [5.41, 5.74) is 1.87. The number of hydrogen-bond donors (Lipinski definition) is 1. The summed E-state index contributed by atoms with van der Waals surface area (Å²) in [4.78, 5) is 2.74. The van der Waals surface area contributed by atoms with Crippen LogP contribution < -0.4 is 5.32 Å². The van der Waals surface area contributed by atoms with Crippen LogP contribution in [0, 0.1) is 11.8 Å². The number of benzene rings is 1. The van der Waals surface area contributed by atoms with Gasteiger partial charge in [-0.15, -0.1) is 0 Å². The van der Waals surface area contributed by atoms with Crippen LogP contribution in [0.15, 0.2) is 30.3 Å². The smallest absolute Gasteiger partial charge is 0.0197 e. The molecule has 2 nitrogen and oxygen atoms in total. The predicted molar refractivity (Wildman–Crippen MR) is 84.9 cm³/mol. The van der Waals surface area contributed by atoms with Gasteiger partial charge in [0.2, 0.25) is 0 Å². The molecule has 2 aliphatic heterocycles. The molecular formula is C18H28N2. The van der Waals surface area contributed by atoms with E-state index in [2.05, 4.69) is 54.4 Å². The van der Waals surface area contributed by atoms with Crippen LogP contribution in [0.1, 0.15) is 32.3 Å². The van der Waals surface area contributed by atoms with Gasteiger partial charge in [0.25, 0.3) is 0 Å². The van der Waals surface area contributed by atoms with Crippen LogP contribution in [0.3, 0.4) is 0 Å². The molecule has 2 saturated heterocycles. The van der Waals surface area contributed by atoms with Crippen molar-refractivity contribution >= 4 is 0 Å². The Morgan fingerprint density at radius 3 is 2.70 bits per heavy atom. The average molecular weight is 272 g/mol. The lowest BCUT2D eigenvalue weighted by atomic mass is 9.85. The van der Waals surface area contributed by atoms with Crippen LogP contribution in [0.5, 0.6) is 0 Å². The molecule has 2 unspecified atom stereocenters. The Kier molecular flexibility index (Phi) is 4.13. The Hall–Kier alpha value is -0.860. The van der Waals surface area contributed by atoms with Gasteiger partial charge in [-0.2, -0.15) is 0 Å². The summed E-state index contributed by atoms with van der Waals surface area (Å²) in [6.07, 6.45) is 3.86. The highest BCUT2D eigenvalue weighted by Crippen LogP contribution is 2.40. The summed E-state index contributed by atoms with van der Waals surface area (Å²) in [5.74, 6) is 1.75. The first kappa shape index (κ1) is 14.1. The van der Waals surface area contributed by atoms with Gasteiger partial charge in [0.1, 0.15) is 0 Å². The van der Waals surface area contributed by atoms with Gasteiger partial charge in [-0.25, -0.2) is 0 Å². The summed E-state index contributed by atoms with van der Waals surface area (Å²) in [5, 5.41) is 3.56. The third-order valence-electron chi connectivity index (χ3n) is 5.50. The van der Waals surface area contributed by atoms with Gasteiger partial charge in [-0.1, -0.05) is 30.3 Å². The second-order valence-electron chi connectivity index (χ2n) is 7.07. The number of hydrogen-bond acceptors (Lipinski definition) is 2. The number of fused-ring (bicyclic) bond motifs is 1. The summed E-state index contributed by atoms with van der Waals surface area (Å²) in [6.45, 7) is 9.92. The van der Waals surface area contributed by atoms with Gasteiger partial charge < -0.3 is 5.32 Å². The Bertz CT molecular complexity index is 426. The monoisotopic (exact) mass is 272 g/mol. The van der Waals surface area contributed by atoms with Crippen molar-refractivity contribution in [1.82, 2.24) is 10.2 Å². The quantitative estimate of drug-likeness (QED) is 0.829. The number of aryl methyl sites for hydroxylation is 1. The number of nitrogens with one attached hydrogen (secondary N) is 1. The van der Waals surface area contributed by atoms with Crippen molar-refractivity contribution in [2.75, 3.05) is 26.2 Å². The van der Waals surface area contributed by atoms with E-state index in [1.807, 2.05) is 0 Å². The molecule has 1 N–H and O–H groups in total. The molecule has 0 aromatic heterocycles. The van der Waals surface area contributed by atoms with Crippen molar-refractivity contribution in [1.29, 1.82) is 0 Å². The molecule has 0 radical (unpaired) electrons. The standard InChI is InChI=1S/C18H28N2/c1-18(2)17-13-19-12-16(17)14-20(18)11-7-6-10-15-8-4-3-5-9-15/h3-5,8-9,16-17,19H,6-7,10-14H2,1-2H3. The van der Waals surface area contributed by atoms with E-state index < -0.39 is 0 Å². The maximum absolute atomic E-state index is 3.56. The molecule has 2 aliphatic rings. The highest BCUT2D eigenvalue weighted by atomic mass is 15.2. The SMILES string of the molecule is CC1(C)C2CNCC2CN1CCCCc1ccccc1. The fraction of sp³-hybridized carbons (Fsp3) is 0.667. The molecule has 110 valence electrons. The molecule has 0 amide bonds. The Balaban J connectivity index is 1.45. The average Bonchev–Trinajstić information content (AvgIpc) is 2.99. The maximum Gasteiger partial charge on any atom is 0.0197 e. The van der Waals surface area contributed by atoms with Gasteiger partial charge in [0.05, 0.1) is 0 Å². The van der Waals surface area contributed by atoms with Crippen molar-refractivity contribution in [3.63, 3.8) is 0 Å². The molecule has 20 heavy (non-hydrogen) atoms. The lowest BCUT2D eigenvalue weighted by molar-refractivity contribution is 0.137. The molecule has 1 aromatic carbocycles. The summed E-state index contributed by atoms with van der Waals surface area (Å²) < 4.78 is 0. The summed E-state index contributed by atoms with van der Waals surface area (Å²) >= 11 is 0. The maximum atomic E-state index is 3.56.